The van der Waals surface area contributed by atoms with E-state index in [1.54, 1.807) is 25.1 Å². The fourth-order valence-electron chi connectivity index (χ4n) is 1.16. The minimum absolute atomic E-state index is 0.179. The van der Waals surface area contributed by atoms with Crippen LogP contribution < -0.4 is 5.32 Å². The van der Waals surface area contributed by atoms with Gasteiger partial charge in [0.05, 0.1) is 24.3 Å². The molecule has 1 aromatic carbocycles. The fourth-order valence-corrected chi connectivity index (χ4v) is 1.63. The highest BCUT2D eigenvalue weighted by Gasteiger charge is 2.21. The number of nitrogens with zero attached hydrogens (tertiary/aromatic N) is 1. The van der Waals surface area contributed by atoms with E-state index >= 15 is 0 Å². The van der Waals surface area contributed by atoms with Crippen LogP contribution in [0, 0.1) is 11.3 Å². The van der Waals surface area contributed by atoms with Gasteiger partial charge in [0.2, 0.25) is 0 Å². The summed E-state index contributed by atoms with van der Waals surface area (Å²) in [6.07, 6.45) is 0. The van der Waals surface area contributed by atoms with Crippen molar-refractivity contribution in [1.29, 1.82) is 5.26 Å². The average molecular weight is 285 g/mol. The SMILES string of the molecule is CC(CO)(CO)Nc1ccc(C#N)c(Br)c1. The lowest BCUT2D eigenvalue weighted by Crippen LogP contribution is -2.42. The zero-order chi connectivity index (χ0) is 12.2. The summed E-state index contributed by atoms with van der Waals surface area (Å²) in [6.45, 7) is 1.35. The van der Waals surface area contributed by atoms with Crippen LogP contribution in [-0.2, 0) is 0 Å². The lowest BCUT2D eigenvalue weighted by Gasteiger charge is -2.27. The van der Waals surface area contributed by atoms with E-state index in [1.165, 1.54) is 0 Å². The monoisotopic (exact) mass is 284 g/mol. The number of nitrogens with one attached hydrogen (secondary N) is 1. The Morgan fingerprint density at radius 1 is 1.44 bits per heavy atom. The van der Waals surface area contributed by atoms with Crippen molar-refractivity contribution < 1.29 is 10.2 Å². The Balaban J connectivity index is 2.91. The molecule has 5 heteroatoms. The van der Waals surface area contributed by atoms with Gasteiger partial charge in [0, 0.05) is 10.2 Å². The summed E-state index contributed by atoms with van der Waals surface area (Å²) < 4.78 is 0.679. The molecule has 0 fully saturated rings. The standard InChI is InChI=1S/C11H13BrN2O2/c1-11(6-15,7-16)14-9-3-2-8(5-13)10(12)4-9/h2-4,14-16H,6-7H2,1H3. The third-order valence-electron chi connectivity index (χ3n) is 2.23. The van der Waals surface area contributed by atoms with Gasteiger partial charge in [0.1, 0.15) is 6.07 Å². The van der Waals surface area contributed by atoms with Crippen molar-refractivity contribution in [3.05, 3.63) is 28.2 Å². The minimum atomic E-state index is -0.770. The quantitative estimate of drug-likeness (QED) is 0.783. The number of anilines is 1. The number of aliphatic hydroxyl groups excluding tert-OH is 2. The minimum Gasteiger partial charge on any atom is -0.394 e. The average Bonchev–Trinajstić information content (AvgIpc) is 2.29. The van der Waals surface area contributed by atoms with Crippen LogP contribution in [0.5, 0.6) is 0 Å². The van der Waals surface area contributed by atoms with Crippen LogP contribution in [0.1, 0.15) is 12.5 Å². The van der Waals surface area contributed by atoms with E-state index in [2.05, 4.69) is 21.2 Å². The van der Waals surface area contributed by atoms with E-state index in [1.807, 2.05) is 6.07 Å². The van der Waals surface area contributed by atoms with Gasteiger partial charge < -0.3 is 15.5 Å². The van der Waals surface area contributed by atoms with E-state index in [0.717, 1.165) is 5.69 Å². The molecule has 0 radical (unpaired) electrons. The van der Waals surface area contributed by atoms with Crippen molar-refractivity contribution >= 4 is 21.6 Å². The van der Waals surface area contributed by atoms with Crippen molar-refractivity contribution in [3.63, 3.8) is 0 Å². The number of aliphatic hydroxyl groups is 2. The van der Waals surface area contributed by atoms with E-state index in [0.29, 0.717) is 10.0 Å². The Bertz CT molecular complexity index is 411. The molecular weight excluding hydrogens is 272 g/mol. The van der Waals surface area contributed by atoms with Gasteiger partial charge in [-0.2, -0.15) is 5.26 Å². The molecule has 0 aliphatic carbocycles. The Morgan fingerprint density at radius 2 is 2.06 bits per heavy atom. The smallest absolute Gasteiger partial charge is 0.100 e. The molecule has 0 heterocycles. The van der Waals surface area contributed by atoms with Crippen molar-refractivity contribution in [2.45, 2.75) is 12.5 Å². The summed E-state index contributed by atoms with van der Waals surface area (Å²) in [5.74, 6) is 0. The lowest BCUT2D eigenvalue weighted by molar-refractivity contribution is 0.147. The second-order valence-corrected chi connectivity index (χ2v) is 4.66. The number of hydrogen-bond acceptors (Lipinski definition) is 4. The van der Waals surface area contributed by atoms with Crippen LogP contribution in [0.3, 0.4) is 0 Å². The van der Waals surface area contributed by atoms with Gasteiger partial charge in [-0.25, -0.2) is 0 Å². The maximum absolute atomic E-state index is 9.13. The number of rotatable bonds is 4. The number of hydrogen-bond donors (Lipinski definition) is 3. The molecule has 1 aromatic rings. The van der Waals surface area contributed by atoms with E-state index < -0.39 is 5.54 Å². The molecule has 3 N–H and O–H groups in total. The normalized spacial score (nSPS) is 10.9. The molecule has 0 saturated carbocycles. The molecule has 0 bridgehead atoms. The molecule has 4 nitrogen and oxygen atoms in total. The van der Waals surface area contributed by atoms with Gasteiger partial charge in [-0.05, 0) is 41.1 Å². The molecule has 1 rings (SSSR count). The summed E-state index contributed by atoms with van der Waals surface area (Å²) in [5.41, 5.74) is 0.505. The topological polar surface area (TPSA) is 76.3 Å². The molecule has 0 aliphatic heterocycles. The van der Waals surface area contributed by atoms with Gasteiger partial charge >= 0.3 is 0 Å². The van der Waals surface area contributed by atoms with Gasteiger partial charge in [0.25, 0.3) is 0 Å². The molecule has 0 saturated heterocycles. The summed E-state index contributed by atoms with van der Waals surface area (Å²) in [7, 11) is 0. The maximum atomic E-state index is 9.13. The number of benzene rings is 1. The van der Waals surface area contributed by atoms with E-state index in [9.17, 15) is 0 Å². The van der Waals surface area contributed by atoms with E-state index in [4.69, 9.17) is 15.5 Å². The predicted octanol–water partition coefficient (Wildman–Crippen LogP) is 1.48. The summed E-state index contributed by atoms with van der Waals surface area (Å²) in [4.78, 5) is 0. The highest BCUT2D eigenvalue weighted by molar-refractivity contribution is 9.10. The zero-order valence-electron chi connectivity index (χ0n) is 8.87. The van der Waals surface area contributed by atoms with Gasteiger partial charge in [0.15, 0.2) is 0 Å². The van der Waals surface area contributed by atoms with Crippen molar-refractivity contribution in [1.82, 2.24) is 0 Å². The summed E-state index contributed by atoms with van der Waals surface area (Å²) in [5, 5.41) is 30.0. The number of halogens is 1. The predicted molar refractivity (Wildman–Crippen MR) is 65.1 cm³/mol. The first-order valence-electron chi connectivity index (χ1n) is 4.74. The van der Waals surface area contributed by atoms with Gasteiger partial charge in [-0.3, -0.25) is 0 Å². The molecule has 0 atom stereocenters. The van der Waals surface area contributed by atoms with Gasteiger partial charge in [-0.1, -0.05) is 0 Å². The van der Waals surface area contributed by atoms with Crippen LogP contribution >= 0.6 is 15.9 Å². The Kier molecular flexibility index (Phi) is 4.30. The highest BCUT2D eigenvalue weighted by atomic mass is 79.9. The van der Waals surface area contributed by atoms with E-state index in [-0.39, 0.29) is 13.2 Å². The molecule has 0 spiro atoms. The second kappa shape index (κ2) is 5.30. The molecule has 0 aliphatic rings. The van der Waals surface area contributed by atoms with Crippen LogP contribution in [0.2, 0.25) is 0 Å². The number of nitriles is 1. The maximum Gasteiger partial charge on any atom is 0.100 e. The molecule has 0 amide bonds. The summed E-state index contributed by atoms with van der Waals surface area (Å²) >= 11 is 3.27. The Labute approximate surface area is 103 Å². The third kappa shape index (κ3) is 2.95. The molecule has 0 unspecified atom stereocenters. The Hall–Kier alpha value is -1.09. The van der Waals surface area contributed by atoms with Crippen molar-refractivity contribution in [3.8, 4) is 6.07 Å². The first-order chi connectivity index (χ1) is 7.54. The first kappa shape index (κ1) is 13.0. The zero-order valence-corrected chi connectivity index (χ0v) is 10.5. The lowest BCUT2D eigenvalue weighted by atomic mass is 10.0. The first-order valence-corrected chi connectivity index (χ1v) is 5.53. The fraction of sp³-hybridized carbons (Fsp3) is 0.364. The summed E-state index contributed by atoms with van der Waals surface area (Å²) in [6, 6.07) is 7.18. The highest BCUT2D eigenvalue weighted by Crippen LogP contribution is 2.23. The van der Waals surface area contributed by atoms with Crippen LogP contribution in [0.4, 0.5) is 5.69 Å². The van der Waals surface area contributed by atoms with Crippen LogP contribution in [0.25, 0.3) is 0 Å². The molecule has 86 valence electrons. The van der Waals surface area contributed by atoms with Crippen LogP contribution in [0.15, 0.2) is 22.7 Å². The Morgan fingerprint density at radius 3 is 2.50 bits per heavy atom. The van der Waals surface area contributed by atoms with Gasteiger partial charge in [-0.15, -0.1) is 0 Å². The molecular formula is C11H13BrN2O2. The van der Waals surface area contributed by atoms with Crippen molar-refractivity contribution in [2.75, 3.05) is 18.5 Å². The third-order valence-corrected chi connectivity index (χ3v) is 2.89. The van der Waals surface area contributed by atoms with Crippen LogP contribution in [-0.4, -0.2) is 29.0 Å². The molecule has 16 heavy (non-hydrogen) atoms. The molecule has 0 aromatic heterocycles. The largest absolute Gasteiger partial charge is 0.394 e. The second-order valence-electron chi connectivity index (χ2n) is 3.81. The van der Waals surface area contributed by atoms with Crippen molar-refractivity contribution in [2.24, 2.45) is 0 Å².